The SMILES string of the molecule is CI1OC/C(=C\C=C/CI)N1c1ccccc1. The van der Waals surface area contributed by atoms with E-state index < -0.39 is 20.5 Å². The van der Waals surface area contributed by atoms with Crippen molar-refractivity contribution in [1.82, 2.24) is 0 Å². The van der Waals surface area contributed by atoms with Crippen LogP contribution in [0.15, 0.2) is 54.3 Å². The molecule has 1 fully saturated rings. The van der Waals surface area contributed by atoms with Crippen molar-refractivity contribution >= 4 is 48.8 Å². The Kier molecular flexibility index (Phi) is 5.30. The van der Waals surface area contributed by atoms with Crippen molar-refractivity contribution in [1.29, 1.82) is 0 Å². The molecule has 92 valence electrons. The molecule has 1 heterocycles. The summed E-state index contributed by atoms with van der Waals surface area (Å²) in [5.74, 6) is 0. The van der Waals surface area contributed by atoms with Crippen molar-refractivity contribution < 1.29 is 3.07 Å². The fraction of sp³-hybridized carbons (Fsp3) is 0.231. The van der Waals surface area contributed by atoms with Crippen LogP contribution in [0.1, 0.15) is 0 Å². The summed E-state index contributed by atoms with van der Waals surface area (Å²) in [5.41, 5.74) is 2.54. The Hall–Kier alpha value is -0.0800. The van der Waals surface area contributed by atoms with Gasteiger partial charge in [0.05, 0.1) is 0 Å². The predicted molar refractivity (Wildman–Crippen MR) is 90.9 cm³/mol. The summed E-state index contributed by atoms with van der Waals surface area (Å²) < 4.78 is 9.28. The summed E-state index contributed by atoms with van der Waals surface area (Å²) in [4.78, 5) is 2.24. The molecule has 0 saturated carbocycles. The van der Waals surface area contributed by atoms with E-state index in [9.17, 15) is 0 Å². The Bertz CT molecular complexity index is 417. The molecule has 4 heteroatoms. The third-order valence-electron chi connectivity index (χ3n) is 2.35. The first-order chi connectivity index (χ1) is 8.33. The zero-order chi connectivity index (χ0) is 12.1. The van der Waals surface area contributed by atoms with E-state index in [2.05, 4.69) is 73.1 Å². The van der Waals surface area contributed by atoms with E-state index >= 15 is 0 Å². The molecule has 0 unspecified atom stereocenters. The van der Waals surface area contributed by atoms with Gasteiger partial charge in [-0.05, 0) is 0 Å². The molecule has 2 rings (SSSR count). The van der Waals surface area contributed by atoms with Crippen LogP contribution in [0, 0.1) is 0 Å². The van der Waals surface area contributed by atoms with Crippen molar-refractivity contribution in [2.24, 2.45) is 0 Å². The van der Waals surface area contributed by atoms with Gasteiger partial charge in [-0.3, -0.25) is 0 Å². The number of benzene rings is 1. The van der Waals surface area contributed by atoms with Crippen LogP contribution in [0.3, 0.4) is 0 Å². The van der Waals surface area contributed by atoms with Crippen LogP contribution in [0.5, 0.6) is 0 Å². The van der Waals surface area contributed by atoms with Crippen LogP contribution in [-0.4, -0.2) is 16.0 Å². The maximum absolute atomic E-state index is 5.84. The van der Waals surface area contributed by atoms with Crippen molar-refractivity contribution in [2.75, 3.05) is 19.1 Å². The van der Waals surface area contributed by atoms with E-state index in [0.29, 0.717) is 0 Å². The van der Waals surface area contributed by atoms with Crippen molar-refractivity contribution in [3.05, 3.63) is 54.3 Å². The Morgan fingerprint density at radius 3 is 2.88 bits per heavy atom. The second-order valence-electron chi connectivity index (χ2n) is 3.50. The normalized spacial score (nSPS) is 20.7. The molecule has 0 aromatic heterocycles. The topological polar surface area (TPSA) is 12.5 Å². The van der Waals surface area contributed by atoms with Gasteiger partial charge in [-0.2, -0.15) is 0 Å². The van der Waals surface area contributed by atoms with Gasteiger partial charge in [-0.25, -0.2) is 0 Å². The maximum atomic E-state index is 5.84. The summed E-state index contributed by atoms with van der Waals surface area (Å²) in [5, 5.41) is 0. The number of anilines is 1. The van der Waals surface area contributed by atoms with E-state index in [1.807, 2.05) is 6.07 Å². The molecule has 17 heavy (non-hydrogen) atoms. The molecule has 0 bridgehead atoms. The van der Waals surface area contributed by atoms with E-state index in [4.69, 9.17) is 3.07 Å². The van der Waals surface area contributed by atoms with E-state index in [1.165, 1.54) is 11.4 Å². The van der Waals surface area contributed by atoms with Crippen molar-refractivity contribution in [3.8, 4) is 0 Å². The fourth-order valence-electron chi connectivity index (χ4n) is 1.60. The molecule has 0 amide bonds. The summed E-state index contributed by atoms with van der Waals surface area (Å²) in [6.07, 6.45) is 6.45. The molecule has 0 aliphatic carbocycles. The van der Waals surface area contributed by atoms with Gasteiger partial charge in [-0.1, -0.05) is 0 Å². The summed E-state index contributed by atoms with van der Waals surface area (Å²) in [6, 6.07) is 10.5. The average molecular weight is 455 g/mol. The van der Waals surface area contributed by atoms with Gasteiger partial charge in [0.1, 0.15) is 0 Å². The second kappa shape index (κ2) is 6.75. The molecule has 1 aliphatic rings. The van der Waals surface area contributed by atoms with Gasteiger partial charge in [0.25, 0.3) is 0 Å². The molecule has 1 aromatic carbocycles. The fourth-order valence-corrected chi connectivity index (χ4v) is 5.22. The Morgan fingerprint density at radius 1 is 1.41 bits per heavy atom. The number of halogens is 2. The first-order valence-corrected chi connectivity index (χ1v) is 10.9. The van der Waals surface area contributed by atoms with Crippen LogP contribution in [-0.2, 0) is 3.07 Å². The Balaban J connectivity index is 2.23. The third-order valence-corrected chi connectivity index (χ3v) is 6.60. The average Bonchev–Trinajstić information content (AvgIpc) is 2.72. The molecular weight excluding hydrogens is 440 g/mol. The van der Waals surface area contributed by atoms with Gasteiger partial charge < -0.3 is 0 Å². The number of para-hydroxylation sites is 1. The van der Waals surface area contributed by atoms with Crippen molar-refractivity contribution in [2.45, 2.75) is 0 Å². The second-order valence-corrected chi connectivity index (χ2v) is 8.21. The van der Waals surface area contributed by atoms with E-state index in [0.717, 1.165) is 11.0 Å². The summed E-state index contributed by atoms with van der Waals surface area (Å²) in [7, 11) is 0. The minimum atomic E-state index is -1.45. The number of nitrogens with zero attached hydrogens (tertiary/aromatic N) is 1. The Labute approximate surface area is 124 Å². The first-order valence-electron chi connectivity index (χ1n) is 5.33. The first kappa shape index (κ1) is 13.4. The monoisotopic (exact) mass is 455 g/mol. The third kappa shape index (κ3) is 3.45. The molecular formula is C13H15I2NO. The van der Waals surface area contributed by atoms with Crippen LogP contribution < -0.4 is 3.11 Å². The predicted octanol–water partition coefficient (Wildman–Crippen LogP) is 4.36. The molecule has 0 atom stereocenters. The van der Waals surface area contributed by atoms with Gasteiger partial charge >= 0.3 is 125 Å². The Morgan fingerprint density at radius 2 is 2.18 bits per heavy atom. The van der Waals surface area contributed by atoms with Gasteiger partial charge in [0, 0.05) is 0 Å². The molecule has 1 saturated heterocycles. The van der Waals surface area contributed by atoms with Crippen LogP contribution in [0.2, 0.25) is 0 Å². The molecule has 0 radical (unpaired) electrons. The summed E-state index contributed by atoms with van der Waals surface area (Å²) in [6.45, 7) is 0.752. The van der Waals surface area contributed by atoms with Gasteiger partial charge in [-0.15, -0.1) is 0 Å². The zero-order valence-corrected chi connectivity index (χ0v) is 14.0. The quantitative estimate of drug-likeness (QED) is 0.382. The molecule has 0 spiro atoms. The summed E-state index contributed by atoms with van der Waals surface area (Å²) >= 11 is 0.896. The number of hydrogen-bond donors (Lipinski definition) is 0. The molecule has 1 aliphatic heterocycles. The number of alkyl halides is 2. The molecule has 0 N–H and O–H groups in total. The van der Waals surface area contributed by atoms with E-state index in [-0.39, 0.29) is 0 Å². The van der Waals surface area contributed by atoms with Gasteiger partial charge in [0.2, 0.25) is 0 Å². The molecule has 1 aromatic rings. The van der Waals surface area contributed by atoms with Gasteiger partial charge in [0.15, 0.2) is 0 Å². The van der Waals surface area contributed by atoms with Crippen molar-refractivity contribution in [3.63, 3.8) is 0 Å². The number of rotatable bonds is 3. The van der Waals surface area contributed by atoms with Crippen LogP contribution >= 0.6 is 43.1 Å². The minimum absolute atomic E-state index is 0.752. The van der Waals surface area contributed by atoms with Crippen LogP contribution in [0.4, 0.5) is 5.69 Å². The van der Waals surface area contributed by atoms with E-state index in [1.54, 1.807) is 0 Å². The zero-order valence-electron chi connectivity index (χ0n) is 9.64. The number of allylic oxidation sites excluding steroid dienone is 3. The standard InChI is InChI=1S/C13H15I2NO/c1-15-16(12-7-3-2-4-8-12)13(11-17-15)9-5-6-10-14/h2-9H,10-11H2,1H3/b6-5-,13-9+. The van der Waals surface area contributed by atoms with Crippen LogP contribution in [0.25, 0.3) is 0 Å². The molecule has 2 nitrogen and oxygen atoms in total. The number of hydrogen-bond acceptors (Lipinski definition) is 2.